The average Bonchev–Trinajstić information content (AvgIpc) is 2.41. The minimum Gasteiger partial charge on any atom is -0.393 e. The number of amides is 1. The number of thiocarbonyl (C=S) groups is 1. The van der Waals surface area contributed by atoms with E-state index >= 15 is 0 Å². The van der Waals surface area contributed by atoms with Crippen molar-refractivity contribution in [1.82, 2.24) is 4.90 Å². The molecule has 1 aliphatic heterocycles. The fourth-order valence-corrected chi connectivity index (χ4v) is 3.02. The van der Waals surface area contributed by atoms with Crippen LogP contribution in [0.2, 0.25) is 0 Å². The number of piperidine rings is 1. The first-order chi connectivity index (χ1) is 9.00. The normalized spacial score (nSPS) is 16.4. The van der Waals surface area contributed by atoms with Crippen LogP contribution in [0.15, 0.2) is 22.7 Å². The third-order valence-corrected chi connectivity index (χ3v) is 4.99. The van der Waals surface area contributed by atoms with Gasteiger partial charge in [0.05, 0.1) is 10.6 Å². The lowest BCUT2D eigenvalue weighted by molar-refractivity contribution is 0.0709. The largest absolute Gasteiger partial charge is 0.393 e. The molecule has 0 radical (unpaired) electrons. The van der Waals surface area contributed by atoms with E-state index in [-0.39, 0.29) is 11.8 Å². The number of hydrogen-bond acceptors (Lipinski definition) is 2. The van der Waals surface area contributed by atoms with Crippen LogP contribution in [0.4, 0.5) is 0 Å². The summed E-state index contributed by atoms with van der Waals surface area (Å²) in [5, 5.41) is 0. The Balaban J connectivity index is 2.09. The van der Waals surface area contributed by atoms with Crippen molar-refractivity contribution in [3.8, 4) is 0 Å². The van der Waals surface area contributed by atoms with Gasteiger partial charge < -0.3 is 10.6 Å². The standard InChI is InChI=1S/C14H17BrN2OS/c1-9-3-2-4-11(12(9)15)14(18)17-7-5-10(6-8-17)13(16)19/h2-4,10H,5-8H2,1H3,(H2,16,19). The Morgan fingerprint density at radius 1 is 1.42 bits per heavy atom. The molecule has 1 aliphatic rings. The summed E-state index contributed by atoms with van der Waals surface area (Å²) < 4.78 is 0.886. The van der Waals surface area contributed by atoms with Crippen molar-refractivity contribution in [3.05, 3.63) is 33.8 Å². The highest BCUT2D eigenvalue weighted by Crippen LogP contribution is 2.25. The second-order valence-electron chi connectivity index (χ2n) is 4.91. The van der Waals surface area contributed by atoms with Gasteiger partial charge in [-0.2, -0.15) is 0 Å². The fraction of sp³-hybridized carbons (Fsp3) is 0.429. The molecule has 19 heavy (non-hydrogen) atoms. The molecule has 2 rings (SSSR count). The highest BCUT2D eigenvalue weighted by atomic mass is 79.9. The topological polar surface area (TPSA) is 46.3 Å². The average molecular weight is 341 g/mol. The Bertz CT molecular complexity index is 510. The molecule has 0 saturated carbocycles. The molecule has 1 heterocycles. The monoisotopic (exact) mass is 340 g/mol. The molecule has 1 fully saturated rings. The Morgan fingerprint density at radius 3 is 2.63 bits per heavy atom. The summed E-state index contributed by atoms with van der Waals surface area (Å²) in [5.74, 6) is 0.358. The van der Waals surface area contributed by atoms with Crippen molar-refractivity contribution in [3.63, 3.8) is 0 Å². The van der Waals surface area contributed by atoms with E-state index in [1.54, 1.807) is 0 Å². The zero-order chi connectivity index (χ0) is 14.0. The Hall–Kier alpha value is -0.940. The molecule has 0 atom stereocenters. The molecular weight excluding hydrogens is 324 g/mol. The van der Waals surface area contributed by atoms with Crippen LogP contribution in [0.25, 0.3) is 0 Å². The number of nitrogens with zero attached hydrogens (tertiary/aromatic N) is 1. The predicted octanol–water partition coefficient (Wildman–Crippen LogP) is 2.90. The number of likely N-dealkylation sites (tertiary alicyclic amines) is 1. The predicted molar refractivity (Wildman–Crippen MR) is 84.3 cm³/mol. The summed E-state index contributed by atoms with van der Waals surface area (Å²) >= 11 is 8.51. The smallest absolute Gasteiger partial charge is 0.255 e. The van der Waals surface area contributed by atoms with Crippen LogP contribution in [-0.4, -0.2) is 28.9 Å². The van der Waals surface area contributed by atoms with Crippen molar-refractivity contribution < 1.29 is 4.79 Å². The molecule has 0 aliphatic carbocycles. The van der Waals surface area contributed by atoms with E-state index in [2.05, 4.69) is 15.9 Å². The number of nitrogens with two attached hydrogens (primary N) is 1. The molecule has 1 amide bonds. The van der Waals surface area contributed by atoms with Gasteiger partial charge in [-0.1, -0.05) is 24.4 Å². The second-order valence-corrected chi connectivity index (χ2v) is 6.17. The van der Waals surface area contributed by atoms with Crippen LogP contribution < -0.4 is 5.73 Å². The lowest BCUT2D eigenvalue weighted by Crippen LogP contribution is -2.41. The zero-order valence-corrected chi connectivity index (χ0v) is 13.3. The molecule has 0 bridgehead atoms. The van der Waals surface area contributed by atoms with Crippen LogP contribution in [0.3, 0.4) is 0 Å². The van der Waals surface area contributed by atoms with Crippen LogP contribution in [0.5, 0.6) is 0 Å². The summed E-state index contributed by atoms with van der Waals surface area (Å²) in [6.45, 7) is 3.43. The minimum atomic E-state index is 0.0805. The third-order valence-electron chi connectivity index (χ3n) is 3.61. The fourth-order valence-electron chi connectivity index (χ4n) is 2.35. The van der Waals surface area contributed by atoms with Crippen LogP contribution >= 0.6 is 28.1 Å². The van der Waals surface area contributed by atoms with Gasteiger partial charge in [-0.25, -0.2) is 0 Å². The van der Waals surface area contributed by atoms with Gasteiger partial charge in [0.25, 0.3) is 5.91 Å². The molecule has 0 unspecified atom stereocenters. The quantitative estimate of drug-likeness (QED) is 0.842. The van der Waals surface area contributed by atoms with Crippen LogP contribution in [0.1, 0.15) is 28.8 Å². The number of aryl methyl sites for hydroxylation is 1. The first-order valence-corrected chi connectivity index (χ1v) is 7.54. The van der Waals surface area contributed by atoms with E-state index in [1.807, 2.05) is 30.0 Å². The van der Waals surface area contributed by atoms with E-state index in [9.17, 15) is 4.79 Å². The summed E-state index contributed by atoms with van der Waals surface area (Å²) in [6, 6.07) is 5.76. The highest BCUT2D eigenvalue weighted by Gasteiger charge is 2.26. The van der Waals surface area contributed by atoms with Crippen LogP contribution in [0, 0.1) is 12.8 Å². The van der Waals surface area contributed by atoms with Gasteiger partial charge in [-0.15, -0.1) is 0 Å². The second kappa shape index (κ2) is 6.01. The Kier molecular flexibility index (Phi) is 4.58. The summed E-state index contributed by atoms with van der Waals surface area (Å²) in [6.07, 6.45) is 1.73. The molecule has 2 N–H and O–H groups in total. The number of rotatable bonds is 2. The Labute approximate surface area is 127 Å². The minimum absolute atomic E-state index is 0.0805. The number of hydrogen-bond donors (Lipinski definition) is 1. The van der Waals surface area contributed by atoms with Gasteiger partial charge in [0, 0.05) is 23.5 Å². The zero-order valence-electron chi connectivity index (χ0n) is 10.9. The van der Waals surface area contributed by atoms with E-state index < -0.39 is 0 Å². The van der Waals surface area contributed by atoms with Crippen molar-refractivity contribution in [1.29, 1.82) is 0 Å². The lowest BCUT2D eigenvalue weighted by Gasteiger charge is -2.31. The number of benzene rings is 1. The number of halogens is 1. The van der Waals surface area contributed by atoms with Gasteiger partial charge >= 0.3 is 0 Å². The first kappa shape index (κ1) is 14.5. The third kappa shape index (κ3) is 3.15. The van der Waals surface area contributed by atoms with Gasteiger partial charge in [0.2, 0.25) is 0 Å². The number of carbonyl (C=O) groups is 1. The van der Waals surface area contributed by atoms with Gasteiger partial charge in [0.1, 0.15) is 0 Å². The van der Waals surface area contributed by atoms with E-state index in [4.69, 9.17) is 18.0 Å². The molecular formula is C14H17BrN2OS. The molecule has 5 heteroatoms. The van der Waals surface area contributed by atoms with Gasteiger partial charge in [-0.3, -0.25) is 4.79 Å². The molecule has 0 aromatic heterocycles. The van der Waals surface area contributed by atoms with E-state index in [0.717, 1.165) is 41.5 Å². The molecule has 1 aromatic rings. The van der Waals surface area contributed by atoms with Gasteiger partial charge in [0.15, 0.2) is 0 Å². The SMILES string of the molecule is Cc1cccc(C(=O)N2CCC(C(N)=S)CC2)c1Br. The number of carbonyl (C=O) groups excluding carboxylic acids is 1. The molecule has 3 nitrogen and oxygen atoms in total. The summed E-state index contributed by atoms with van der Waals surface area (Å²) in [7, 11) is 0. The molecule has 102 valence electrons. The maximum Gasteiger partial charge on any atom is 0.255 e. The molecule has 1 saturated heterocycles. The van der Waals surface area contributed by atoms with Crippen molar-refractivity contribution in [2.24, 2.45) is 11.7 Å². The molecule has 0 spiro atoms. The highest BCUT2D eigenvalue weighted by molar-refractivity contribution is 9.10. The van der Waals surface area contributed by atoms with Crippen LogP contribution in [-0.2, 0) is 0 Å². The summed E-state index contributed by atoms with van der Waals surface area (Å²) in [4.78, 5) is 14.9. The maximum absolute atomic E-state index is 12.5. The lowest BCUT2D eigenvalue weighted by atomic mass is 9.96. The molecule has 1 aromatic carbocycles. The van der Waals surface area contributed by atoms with Crippen molar-refractivity contribution in [2.45, 2.75) is 19.8 Å². The van der Waals surface area contributed by atoms with E-state index in [0.29, 0.717) is 4.99 Å². The van der Waals surface area contributed by atoms with Crippen molar-refractivity contribution in [2.75, 3.05) is 13.1 Å². The maximum atomic E-state index is 12.5. The van der Waals surface area contributed by atoms with Crippen molar-refractivity contribution >= 4 is 39.0 Å². The first-order valence-electron chi connectivity index (χ1n) is 6.34. The van der Waals surface area contributed by atoms with Gasteiger partial charge in [-0.05, 0) is 47.3 Å². The Morgan fingerprint density at radius 2 is 2.05 bits per heavy atom. The summed E-state index contributed by atoms with van der Waals surface area (Å²) in [5.41, 5.74) is 7.47. The van der Waals surface area contributed by atoms with E-state index in [1.165, 1.54) is 0 Å².